The summed E-state index contributed by atoms with van der Waals surface area (Å²) in [5.41, 5.74) is 0. The fourth-order valence-electron chi connectivity index (χ4n) is 2.73. The molecule has 0 radical (unpaired) electrons. The molecule has 1 aliphatic rings. The molecule has 1 aliphatic carbocycles. The molecule has 0 bridgehead atoms. The van der Waals surface area contributed by atoms with E-state index in [2.05, 4.69) is 29.1 Å². The van der Waals surface area contributed by atoms with Gasteiger partial charge in [0.2, 0.25) is 0 Å². The molecule has 0 aromatic carbocycles. The third kappa shape index (κ3) is 2.85. The number of hydrogen-bond donors (Lipinski definition) is 2. The summed E-state index contributed by atoms with van der Waals surface area (Å²) in [5, 5.41) is 3.74. The van der Waals surface area contributed by atoms with Gasteiger partial charge in [0.15, 0.2) is 0 Å². The highest BCUT2D eigenvalue weighted by Gasteiger charge is 2.22. The van der Waals surface area contributed by atoms with Crippen LogP contribution in [0.2, 0.25) is 0 Å². The van der Waals surface area contributed by atoms with E-state index in [0.717, 1.165) is 18.2 Å². The Labute approximate surface area is 98.1 Å². The van der Waals surface area contributed by atoms with E-state index in [1.807, 2.05) is 12.4 Å². The van der Waals surface area contributed by atoms with Crippen LogP contribution in [0.25, 0.3) is 0 Å². The summed E-state index contributed by atoms with van der Waals surface area (Å²) < 4.78 is 0. The highest BCUT2D eigenvalue weighted by Crippen LogP contribution is 2.25. The molecule has 3 atom stereocenters. The molecule has 3 nitrogen and oxygen atoms in total. The van der Waals surface area contributed by atoms with Gasteiger partial charge in [0.1, 0.15) is 5.82 Å². The van der Waals surface area contributed by atoms with Crippen molar-refractivity contribution in [1.82, 2.24) is 15.3 Å². The van der Waals surface area contributed by atoms with Gasteiger partial charge in [-0.3, -0.25) is 0 Å². The molecule has 0 amide bonds. The zero-order valence-electron chi connectivity index (χ0n) is 10.4. The molecule has 2 rings (SSSR count). The predicted octanol–water partition coefficient (Wildman–Crippen LogP) is 3.03. The summed E-state index contributed by atoms with van der Waals surface area (Å²) in [7, 11) is 0. The van der Waals surface area contributed by atoms with Crippen LogP contribution in [0.15, 0.2) is 12.4 Å². The Morgan fingerprint density at radius 3 is 3.06 bits per heavy atom. The van der Waals surface area contributed by atoms with Crippen LogP contribution in [-0.2, 0) is 0 Å². The van der Waals surface area contributed by atoms with Crippen LogP contribution in [0.1, 0.15) is 57.8 Å². The number of hydrogen-bond acceptors (Lipinski definition) is 2. The van der Waals surface area contributed by atoms with Crippen LogP contribution in [0.4, 0.5) is 0 Å². The van der Waals surface area contributed by atoms with Gasteiger partial charge < -0.3 is 10.3 Å². The van der Waals surface area contributed by atoms with Gasteiger partial charge in [0.25, 0.3) is 0 Å². The highest BCUT2D eigenvalue weighted by atomic mass is 15.0. The van der Waals surface area contributed by atoms with Crippen molar-refractivity contribution in [3.8, 4) is 0 Å². The third-order valence-electron chi connectivity index (χ3n) is 3.63. The first-order valence-electron chi connectivity index (χ1n) is 6.55. The average molecular weight is 221 g/mol. The van der Waals surface area contributed by atoms with E-state index in [0.29, 0.717) is 12.1 Å². The van der Waals surface area contributed by atoms with Crippen LogP contribution in [0.5, 0.6) is 0 Å². The summed E-state index contributed by atoms with van der Waals surface area (Å²) in [6, 6.07) is 1.07. The molecule has 1 saturated carbocycles. The van der Waals surface area contributed by atoms with Crippen molar-refractivity contribution in [2.75, 3.05) is 0 Å². The molecular formula is C13H23N3. The summed E-state index contributed by atoms with van der Waals surface area (Å²) in [4.78, 5) is 7.57. The van der Waals surface area contributed by atoms with Crippen LogP contribution in [0, 0.1) is 5.92 Å². The van der Waals surface area contributed by atoms with Crippen molar-refractivity contribution in [2.24, 2.45) is 5.92 Å². The van der Waals surface area contributed by atoms with E-state index in [-0.39, 0.29) is 0 Å². The summed E-state index contributed by atoms with van der Waals surface area (Å²) >= 11 is 0. The Morgan fingerprint density at radius 2 is 2.44 bits per heavy atom. The van der Waals surface area contributed by atoms with Gasteiger partial charge in [-0.1, -0.05) is 26.7 Å². The molecular weight excluding hydrogens is 198 g/mol. The molecule has 0 spiro atoms. The van der Waals surface area contributed by atoms with Crippen LogP contribution in [0.3, 0.4) is 0 Å². The standard InChI is InChI=1S/C13H23N3/c1-3-12(13-14-7-8-15-13)16-11-6-4-5-10(2)9-11/h7-8,10-12,16H,3-6,9H2,1-2H3,(H,14,15). The minimum Gasteiger partial charge on any atom is -0.347 e. The van der Waals surface area contributed by atoms with Crippen LogP contribution >= 0.6 is 0 Å². The van der Waals surface area contributed by atoms with E-state index in [1.165, 1.54) is 25.7 Å². The maximum absolute atomic E-state index is 4.35. The zero-order valence-corrected chi connectivity index (χ0v) is 10.4. The molecule has 16 heavy (non-hydrogen) atoms. The summed E-state index contributed by atoms with van der Waals surface area (Å²) in [6.45, 7) is 4.58. The number of H-pyrrole nitrogens is 1. The first-order chi connectivity index (χ1) is 7.79. The minimum atomic E-state index is 0.394. The quantitative estimate of drug-likeness (QED) is 0.820. The first-order valence-corrected chi connectivity index (χ1v) is 6.55. The van der Waals surface area contributed by atoms with Gasteiger partial charge in [-0.2, -0.15) is 0 Å². The Hall–Kier alpha value is -0.830. The lowest BCUT2D eigenvalue weighted by Gasteiger charge is -2.30. The van der Waals surface area contributed by atoms with E-state index < -0.39 is 0 Å². The van der Waals surface area contributed by atoms with Crippen molar-refractivity contribution in [2.45, 2.75) is 58.0 Å². The van der Waals surface area contributed by atoms with Gasteiger partial charge in [0, 0.05) is 18.4 Å². The van der Waals surface area contributed by atoms with E-state index in [4.69, 9.17) is 0 Å². The van der Waals surface area contributed by atoms with Gasteiger partial charge in [-0.05, 0) is 25.2 Å². The fraction of sp³-hybridized carbons (Fsp3) is 0.769. The van der Waals surface area contributed by atoms with E-state index in [1.54, 1.807) is 0 Å². The number of aromatic amines is 1. The van der Waals surface area contributed by atoms with Gasteiger partial charge >= 0.3 is 0 Å². The van der Waals surface area contributed by atoms with Crippen molar-refractivity contribution in [3.05, 3.63) is 18.2 Å². The molecule has 1 aromatic heterocycles. The Morgan fingerprint density at radius 1 is 1.56 bits per heavy atom. The average Bonchev–Trinajstić information content (AvgIpc) is 2.79. The molecule has 0 aliphatic heterocycles. The van der Waals surface area contributed by atoms with E-state index in [9.17, 15) is 0 Å². The third-order valence-corrected chi connectivity index (χ3v) is 3.63. The summed E-state index contributed by atoms with van der Waals surface area (Å²) in [6.07, 6.45) is 10.2. The number of nitrogens with one attached hydrogen (secondary N) is 2. The second-order valence-corrected chi connectivity index (χ2v) is 5.07. The van der Waals surface area contributed by atoms with Crippen LogP contribution < -0.4 is 5.32 Å². The molecule has 1 heterocycles. The van der Waals surface area contributed by atoms with Gasteiger partial charge in [-0.15, -0.1) is 0 Å². The van der Waals surface area contributed by atoms with Crippen molar-refractivity contribution in [1.29, 1.82) is 0 Å². The topological polar surface area (TPSA) is 40.7 Å². The normalized spacial score (nSPS) is 27.9. The number of nitrogens with zero attached hydrogens (tertiary/aromatic N) is 1. The molecule has 0 saturated heterocycles. The van der Waals surface area contributed by atoms with E-state index >= 15 is 0 Å². The largest absolute Gasteiger partial charge is 0.347 e. The first kappa shape index (κ1) is 11.6. The number of rotatable bonds is 4. The van der Waals surface area contributed by atoms with Crippen molar-refractivity contribution >= 4 is 0 Å². The molecule has 90 valence electrons. The Balaban J connectivity index is 1.91. The SMILES string of the molecule is CCC(NC1CCCC(C)C1)c1ncc[nH]1. The molecule has 3 unspecified atom stereocenters. The van der Waals surface area contributed by atoms with Gasteiger partial charge in [-0.25, -0.2) is 4.98 Å². The highest BCUT2D eigenvalue weighted by molar-refractivity contribution is 4.96. The molecule has 1 fully saturated rings. The lowest BCUT2D eigenvalue weighted by molar-refractivity contribution is 0.275. The zero-order chi connectivity index (χ0) is 11.4. The molecule has 1 aromatic rings. The van der Waals surface area contributed by atoms with Crippen LogP contribution in [-0.4, -0.2) is 16.0 Å². The van der Waals surface area contributed by atoms with Crippen molar-refractivity contribution < 1.29 is 0 Å². The molecule has 3 heteroatoms. The second kappa shape index (κ2) is 5.48. The maximum atomic E-state index is 4.35. The summed E-state index contributed by atoms with van der Waals surface area (Å²) in [5.74, 6) is 1.96. The molecule has 2 N–H and O–H groups in total. The van der Waals surface area contributed by atoms with Crippen molar-refractivity contribution in [3.63, 3.8) is 0 Å². The Kier molecular flexibility index (Phi) is 3.99. The maximum Gasteiger partial charge on any atom is 0.123 e. The minimum absolute atomic E-state index is 0.394. The smallest absolute Gasteiger partial charge is 0.123 e. The number of aromatic nitrogens is 2. The lowest BCUT2D eigenvalue weighted by atomic mass is 9.86. The monoisotopic (exact) mass is 221 g/mol. The second-order valence-electron chi connectivity index (χ2n) is 5.07. The van der Waals surface area contributed by atoms with Gasteiger partial charge in [0.05, 0.1) is 6.04 Å². The fourth-order valence-corrected chi connectivity index (χ4v) is 2.73. The lowest BCUT2D eigenvalue weighted by Crippen LogP contribution is -2.36. The predicted molar refractivity (Wildman–Crippen MR) is 66.2 cm³/mol. The number of imidazole rings is 1. The Bertz CT molecular complexity index is 294.